The first-order chi connectivity index (χ1) is 8.75. The molecule has 4 heteroatoms. The topological polar surface area (TPSA) is 50.4 Å². The van der Waals surface area contributed by atoms with E-state index in [4.69, 9.17) is 17.3 Å². The average molecular weight is 268 g/mol. The van der Waals surface area contributed by atoms with Crippen LogP contribution in [0.25, 0.3) is 0 Å². The zero-order valence-corrected chi connectivity index (χ0v) is 11.5. The van der Waals surface area contributed by atoms with E-state index in [-0.39, 0.29) is 11.5 Å². The van der Waals surface area contributed by atoms with E-state index in [2.05, 4.69) is 28.5 Å². The molecule has 100 valence electrons. The fourth-order valence-electron chi connectivity index (χ4n) is 2.63. The van der Waals surface area contributed by atoms with Gasteiger partial charge in [-0.15, -0.1) is 0 Å². The Morgan fingerprint density at radius 1 is 1.39 bits per heavy atom. The summed E-state index contributed by atoms with van der Waals surface area (Å²) in [5.74, 6) is 0.402. The first kappa shape index (κ1) is 13.5. The predicted octanol–water partition coefficient (Wildman–Crippen LogP) is 3.27. The van der Waals surface area contributed by atoms with Gasteiger partial charge >= 0.3 is 0 Å². The van der Waals surface area contributed by atoms with Crippen molar-refractivity contribution in [1.82, 2.24) is 5.32 Å². The van der Waals surface area contributed by atoms with E-state index in [1.807, 2.05) is 0 Å². The first-order valence-corrected chi connectivity index (χ1v) is 7.24. The standard InChI is InChI=1S/C14H22ClN3/c15-14(16)18-13(11-7-3-1-4-8-11)17-12-9-5-2-6-10-12/h3,7,9,11,13,17H,1-2,4-6,8,10H2,(H2,16,18). The largest absolute Gasteiger partial charge is 0.374 e. The minimum absolute atomic E-state index is 0.0107. The summed E-state index contributed by atoms with van der Waals surface area (Å²) < 4.78 is 0. The summed E-state index contributed by atoms with van der Waals surface area (Å²) in [4.78, 5) is 4.35. The monoisotopic (exact) mass is 267 g/mol. The van der Waals surface area contributed by atoms with Gasteiger partial charge in [0.2, 0.25) is 0 Å². The van der Waals surface area contributed by atoms with Gasteiger partial charge < -0.3 is 11.1 Å². The smallest absolute Gasteiger partial charge is 0.190 e. The molecule has 0 radical (unpaired) electrons. The van der Waals surface area contributed by atoms with Crippen molar-refractivity contribution in [1.29, 1.82) is 0 Å². The molecule has 0 amide bonds. The SMILES string of the molecule is NC(Cl)=NC(NC1=CCCCC1)C1C=CCCC1. The molecule has 2 aliphatic carbocycles. The molecule has 2 atom stereocenters. The molecule has 0 spiro atoms. The summed E-state index contributed by atoms with van der Waals surface area (Å²) in [6, 6.07) is 0. The van der Waals surface area contributed by atoms with Crippen LogP contribution in [0.15, 0.2) is 28.9 Å². The molecular weight excluding hydrogens is 246 g/mol. The van der Waals surface area contributed by atoms with Crippen LogP contribution in [-0.4, -0.2) is 11.5 Å². The molecule has 2 unspecified atom stereocenters. The molecule has 0 aromatic heterocycles. The zero-order valence-electron chi connectivity index (χ0n) is 10.7. The molecule has 3 N–H and O–H groups in total. The molecule has 0 aliphatic heterocycles. The Labute approximate surface area is 114 Å². The highest BCUT2D eigenvalue weighted by Crippen LogP contribution is 2.24. The van der Waals surface area contributed by atoms with Gasteiger partial charge in [-0.05, 0) is 56.5 Å². The Balaban J connectivity index is 2.04. The van der Waals surface area contributed by atoms with Gasteiger partial charge in [-0.3, -0.25) is 0 Å². The lowest BCUT2D eigenvalue weighted by molar-refractivity contribution is 0.400. The third-order valence-electron chi connectivity index (χ3n) is 3.58. The van der Waals surface area contributed by atoms with E-state index >= 15 is 0 Å². The molecule has 0 heterocycles. The Bertz CT molecular complexity index is 356. The average Bonchev–Trinajstić information content (AvgIpc) is 2.40. The molecule has 0 fully saturated rings. The maximum atomic E-state index is 5.75. The van der Waals surface area contributed by atoms with Gasteiger partial charge in [0.15, 0.2) is 5.29 Å². The maximum Gasteiger partial charge on any atom is 0.190 e. The van der Waals surface area contributed by atoms with Crippen LogP contribution in [0, 0.1) is 5.92 Å². The number of halogens is 1. The van der Waals surface area contributed by atoms with Crippen LogP contribution < -0.4 is 11.1 Å². The molecular formula is C14H22ClN3. The van der Waals surface area contributed by atoms with Crippen LogP contribution in [0.4, 0.5) is 0 Å². The van der Waals surface area contributed by atoms with Crippen molar-refractivity contribution in [3.05, 3.63) is 23.9 Å². The Morgan fingerprint density at radius 3 is 2.89 bits per heavy atom. The number of amidine groups is 1. The first-order valence-electron chi connectivity index (χ1n) is 6.87. The molecule has 0 aromatic carbocycles. The van der Waals surface area contributed by atoms with Gasteiger partial charge in [0.25, 0.3) is 0 Å². The quantitative estimate of drug-likeness (QED) is 0.355. The Kier molecular flexibility index (Phi) is 5.12. The Hall–Kier alpha value is -0.960. The van der Waals surface area contributed by atoms with Crippen LogP contribution in [-0.2, 0) is 0 Å². The fourth-order valence-corrected chi connectivity index (χ4v) is 2.73. The Morgan fingerprint density at radius 2 is 2.28 bits per heavy atom. The van der Waals surface area contributed by atoms with Crippen LogP contribution in [0.2, 0.25) is 0 Å². The number of aliphatic imine (C=N–C) groups is 1. The van der Waals surface area contributed by atoms with E-state index in [1.165, 1.54) is 31.4 Å². The van der Waals surface area contributed by atoms with Crippen LogP contribution in [0.1, 0.15) is 44.9 Å². The molecule has 18 heavy (non-hydrogen) atoms. The summed E-state index contributed by atoms with van der Waals surface area (Å²) in [7, 11) is 0. The molecule has 0 aromatic rings. The van der Waals surface area contributed by atoms with Gasteiger partial charge in [0, 0.05) is 11.6 Å². The molecule has 2 aliphatic rings. The summed E-state index contributed by atoms with van der Waals surface area (Å²) in [5, 5.41) is 3.66. The van der Waals surface area contributed by atoms with Crippen molar-refractivity contribution in [2.75, 3.05) is 0 Å². The lowest BCUT2D eigenvalue weighted by Gasteiger charge is -2.27. The highest BCUT2D eigenvalue weighted by atomic mass is 35.5. The van der Waals surface area contributed by atoms with Gasteiger partial charge in [-0.2, -0.15) is 0 Å². The van der Waals surface area contributed by atoms with Crippen LogP contribution >= 0.6 is 11.6 Å². The lowest BCUT2D eigenvalue weighted by Crippen LogP contribution is -2.35. The van der Waals surface area contributed by atoms with Crippen molar-refractivity contribution in [3.63, 3.8) is 0 Å². The van der Waals surface area contributed by atoms with Gasteiger partial charge in [-0.25, -0.2) is 4.99 Å². The number of allylic oxidation sites excluding steroid dienone is 3. The van der Waals surface area contributed by atoms with Crippen molar-refractivity contribution in [2.45, 2.75) is 51.1 Å². The van der Waals surface area contributed by atoms with E-state index in [0.29, 0.717) is 5.92 Å². The zero-order chi connectivity index (χ0) is 12.8. The summed E-state index contributed by atoms with van der Waals surface area (Å²) in [5.41, 5.74) is 6.84. The van der Waals surface area contributed by atoms with Crippen molar-refractivity contribution in [3.8, 4) is 0 Å². The normalized spacial score (nSPS) is 26.6. The van der Waals surface area contributed by atoms with Crippen LogP contribution in [0.3, 0.4) is 0 Å². The second-order valence-electron chi connectivity index (χ2n) is 5.04. The highest BCUT2D eigenvalue weighted by Gasteiger charge is 2.21. The summed E-state index contributed by atoms with van der Waals surface area (Å²) in [6.45, 7) is 0. The van der Waals surface area contributed by atoms with Crippen molar-refractivity contribution < 1.29 is 0 Å². The number of nitrogens with two attached hydrogens (primary N) is 1. The summed E-state index contributed by atoms with van der Waals surface area (Å²) in [6.07, 6.45) is 15.1. The molecule has 2 rings (SSSR count). The van der Waals surface area contributed by atoms with Gasteiger partial charge in [-0.1, -0.05) is 18.2 Å². The predicted molar refractivity (Wildman–Crippen MR) is 77.4 cm³/mol. The minimum Gasteiger partial charge on any atom is -0.374 e. The molecule has 0 saturated carbocycles. The third kappa shape index (κ3) is 4.05. The second kappa shape index (κ2) is 6.83. The van der Waals surface area contributed by atoms with E-state index in [9.17, 15) is 0 Å². The van der Waals surface area contributed by atoms with Gasteiger partial charge in [0.1, 0.15) is 6.17 Å². The maximum absolute atomic E-state index is 5.75. The fraction of sp³-hybridized carbons (Fsp3) is 0.643. The number of rotatable bonds is 4. The molecule has 0 bridgehead atoms. The van der Waals surface area contributed by atoms with E-state index in [0.717, 1.165) is 19.3 Å². The minimum atomic E-state index is -0.0107. The van der Waals surface area contributed by atoms with Crippen molar-refractivity contribution in [2.24, 2.45) is 16.6 Å². The van der Waals surface area contributed by atoms with Gasteiger partial charge in [0.05, 0.1) is 0 Å². The highest BCUT2D eigenvalue weighted by molar-refractivity contribution is 6.64. The number of nitrogens with one attached hydrogen (secondary N) is 1. The second-order valence-corrected chi connectivity index (χ2v) is 5.43. The van der Waals surface area contributed by atoms with Crippen molar-refractivity contribution >= 4 is 16.9 Å². The molecule has 3 nitrogen and oxygen atoms in total. The van der Waals surface area contributed by atoms with Crippen LogP contribution in [0.5, 0.6) is 0 Å². The number of nitrogens with zero attached hydrogens (tertiary/aromatic N) is 1. The molecule has 0 saturated heterocycles. The van der Waals surface area contributed by atoms with E-state index in [1.54, 1.807) is 0 Å². The number of hydrogen-bond donors (Lipinski definition) is 2. The lowest BCUT2D eigenvalue weighted by atomic mass is 9.92. The van der Waals surface area contributed by atoms with E-state index < -0.39 is 0 Å². The third-order valence-corrected chi connectivity index (χ3v) is 3.68. The number of hydrogen-bond acceptors (Lipinski definition) is 2. The summed E-state index contributed by atoms with van der Waals surface area (Å²) >= 11 is 5.75.